The summed E-state index contributed by atoms with van der Waals surface area (Å²) in [6.45, 7) is 6.91. The van der Waals surface area contributed by atoms with Crippen molar-refractivity contribution in [3.8, 4) is 0 Å². The Kier molecular flexibility index (Phi) is 21.7. The zero-order chi connectivity index (χ0) is 59.4. The fraction of sp³-hybridized carbons (Fsp3) is 0.446. The number of urea groups is 2. The van der Waals surface area contributed by atoms with Gasteiger partial charge >= 0.3 is 18.0 Å². The van der Waals surface area contributed by atoms with Gasteiger partial charge in [0.05, 0.1) is 46.2 Å². The molecular formula is C65H84N14O5S2. The largest absolute Gasteiger partial charge is 0.481 e. The van der Waals surface area contributed by atoms with Crippen LogP contribution in [0.4, 0.5) is 21.2 Å². The van der Waals surface area contributed by atoms with E-state index >= 15 is 0 Å². The van der Waals surface area contributed by atoms with Gasteiger partial charge in [0, 0.05) is 84.6 Å². The number of fused-ring (bicyclic) bond motifs is 8. The lowest BCUT2D eigenvalue weighted by Crippen LogP contribution is -2.36. The van der Waals surface area contributed by atoms with Gasteiger partial charge in [-0.1, -0.05) is 132 Å². The number of hydrogen-bond acceptors (Lipinski definition) is 13. The number of thioether (sulfide) groups is 2. The van der Waals surface area contributed by atoms with E-state index in [-0.39, 0.29) is 56.0 Å². The minimum absolute atomic E-state index is 0. The van der Waals surface area contributed by atoms with Crippen LogP contribution < -0.4 is 43.8 Å². The SMILES string of the molecule is C.CCCCc1nc2c(N)nc3ccccc3c2n1Cc1ccc(CN)cc1.CCCCc1nc2c(N)nc3ccccc3c2n1Cc1ccc(CNC(=O)CCCC[C@H]2SC[C@H]3NC(=O)N[C@H]32)cc1.O=C(O)CCCC[C@H]1SC[C@H]2NC(=O)N[C@H]21. The van der Waals surface area contributed by atoms with E-state index in [9.17, 15) is 19.2 Å². The number of benzene rings is 4. The van der Waals surface area contributed by atoms with Gasteiger partial charge in [0.15, 0.2) is 11.6 Å². The summed E-state index contributed by atoms with van der Waals surface area (Å²) in [7, 11) is 0. The number of para-hydroxylation sites is 2. The third-order valence-corrected chi connectivity index (χ3v) is 19.5. The molecule has 0 saturated carbocycles. The van der Waals surface area contributed by atoms with Crippen molar-refractivity contribution in [3.63, 3.8) is 0 Å². The van der Waals surface area contributed by atoms with E-state index in [1.165, 1.54) is 11.1 Å². The first-order chi connectivity index (χ1) is 41.4. The number of aliphatic carboxylic acids is 1. The highest BCUT2D eigenvalue weighted by Gasteiger charge is 2.43. The standard InChI is InChI=1S/C32H39N7O2S.C22H25N5.C10H16N2O3S.CH4/c1-2-3-11-26-37-29-30(22-8-4-5-9-23(22)35-31(29)33)39(26)18-21-15-13-20(14-16-21)17-34-27(40)12-7-6-10-25-28-24(19-42-25)36-32(41)38-28;1-2-3-8-19-26-20-21(17-6-4-5-7-18(17)25-22(20)24)27(19)14-16-11-9-15(13-23)10-12-16;13-8(14)4-2-1-3-7-9-6(5-16-7)11-10(15)12-9;/h4-5,8-9,13-16,24-25,28H,2-3,6-7,10-12,17-19H2,1H3,(H2,33,35)(H,34,40)(H2,36,38,41);4-7,9-12H,2-3,8,13-14,23H2,1H3,(H2,24,25);6-7,9H,1-5H2,(H,13,14)(H2,11,12,15);1H4/t24-,25-,28-;;6-,7-,9-;/m1.1./s1. The molecule has 0 aliphatic carbocycles. The summed E-state index contributed by atoms with van der Waals surface area (Å²) in [6.07, 6.45) is 12.5. The van der Waals surface area contributed by atoms with Crippen LogP contribution in [0.15, 0.2) is 97.1 Å². The highest BCUT2D eigenvalue weighted by Crippen LogP contribution is 2.36. The molecule has 0 spiro atoms. The number of aromatic nitrogens is 6. The number of hydrogen-bond donors (Lipinski definition) is 9. The molecule has 0 radical (unpaired) electrons. The van der Waals surface area contributed by atoms with E-state index in [0.29, 0.717) is 48.2 Å². The van der Waals surface area contributed by atoms with Gasteiger partial charge < -0.3 is 58.0 Å². The van der Waals surface area contributed by atoms with Crippen molar-refractivity contribution in [2.75, 3.05) is 23.0 Å². The summed E-state index contributed by atoms with van der Waals surface area (Å²) >= 11 is 3.79. The van der Waals surface area contributed by atoms with Gasteiger partial charge in [-0.25, -0.2) is 29.5 Å². The van der Waals surface area contributed by atoms with Crippen molar-refractivity contribution in [2.24, 2.45) is 5.73 Å². The number of imidazole rings is 2. The molecule has 12 N–H and O–H groups in total. The highest BCUT2D eigenvalue weighted by atomic mass is 32.2. The number of nitrogen functional groups attached to an aromatic ring is 2. The first-order valence-corrected chi connectivity index (χ1v) is 32.3. The van der Waals surface area contributed by atoms with Crippen LogP contribution in [0.25, 0.3) is 43.9 Å². The average molecular weight is 1210 g/mol. The van der Waals surface area contributed by atoms with Crippen LogP contribution in [0.5, 0.6) is 0 Å². The molecule has 19 nitrogen and oxygen atoms in total. The maximum Gasteiger partial charge on any atom is 0.315 e. The number of carboxylic acids is 1. The minimum Gasteiger partial charge on any atom is -0.481 e. The lowest BCUT2D eigenvalue weighted by atomic mass is 10.0. The quantitative estimate of drug-likeness (QED) is 0.0213. The highest BCUT2D eigenvalue weighted by molar-refractivity contribution is 8.00. The van der Waals surface area contributed by atoms with E-state index in [4.69, 9.17) is 32.3 Å². The Bertz CT molecular complexity index is 3630. The van der Waals surface area contributed by atoms with Crippen molar-refractivity contribution in [1.82, 2.24) is 55.7 Å². The van der Waals surface area contributed by atoms with Crippen LogP contribution >= 0.6 is 23.5 Å². The van der Waals surface area contributed by atoms with E-state index in [2.05, 4.69) is 120 Å². The number of nitrogens with one attached hydrogen (secondary N) is 5. The number of carbonyl (C=O) groups is 4. The maximum absolute atomic E-state index is 12.5. The predicted molar refractivity (Wildman–Crippen MR) is 349 cm³/mol. The lowest BCUT2D eigenvalue weighted by molar-refractivity contribution is -0.137. The van der Waals surface area contributed by atoms with Gasteiger partial charge in [-0.3, -0.25) is 9.59 Å². The lowest BCUT2D eigenvalue weighted by Gasteiger charge is -2.16. The number of amides is 5. The van der Waals surface area contributed by atoms with Gasteiger partial charge in [0.2, 0.25) is 5.91 Å². The smallest absolute Gasteiger partial charge is 0.315 e. The van der Waals surface area contributed by atoms with Crippen molar-refractivity contribution in [3.05, 3.63) is 131 Å². The number of anilines is 2. The molecule has 4 aliphatic heterocycles. The molecule has 8 heterocycles. The van der Waals surface area contributed by atoms with Crippen molar-refractivity contribution in [1.29, 1.82) is 0 Å². The normalized spacial score (nSPS) is 19.2. The molecule has 4 fully saturated rings. The number of carbonyl (C=O) groups excluding carboxylic acids is 3. The molecule has 86 heavy (non-hydrogen) atoms. The second-order valence-corrected chi connectivity index (χ2v) is 25.1. The molecule has 4 aromatic carbocycles. The van der Waals surface area contributed by atoms with Gasteiger partial charge in [-0.05, 0) is 72.9 Å². The van der Waals surface area contributed by atoms with E-state index in [0.717, 1.165) is 162 Å². The number of nitrogens with two attached hydrogens (primary N) is 3. The first kappa shape index (κ1) is 62.9. The summed E-state index contributed by atoms with van der Waals surface area (Å²) in [6, 6.07) is 34.0. The molecule has 4 saturated heterocycles. The Morgan fingerprint density at radius 2 is 1.03 bits per heavy atom. The second kappa shape index (κ2) is 29.7. The van der Waals surface area contributed by atoms with Gasteiger partial charge in [0.1, 0.15) is 22.7 Å². The molecular weight excluding hydrogens is 1120 g/mol. The Morgan fingerprint density at radius 1 is 0.593 bits per heavy atom. The molecule has 5 amide bonds. The molecule has 4 aliphatic rings. The third-order valence-electron chi connectivity index (χ3n) is 16.5. The molecule has 0 unspecified atom stereocenters. The van der Waals surface area contributed by atoms with Crippen molar-refractivity contribution >= 4 is 103 Å². The average Bonchev–Trinajstić information content (AvgIpc) is 1.72. The second-order valence-electron chi connectivity index (χ2n) is 22.6. The zero-order valence-electron chi connectivity index (χ0n) is 48.7. The molecule has 4 aromatic heterocycles. The fourth-order valence-electron chi connectivity index (χ4n) is 11.9. The zero-order valence-corrected chi connectivity index (χ0v) is 50.3. The number of nitrogens with zero attached hydrogens (tertiary/aromatic N) is 6. The van der Waals surface area contributed by atoms with E-state index in [1.54, 1.807) is 0 Å². The van der Waals surface area contributed by atoms with Crippen molar-refractivity contribution < 1.29 is 24.3 Å². The van der Waals surface area contributed by atoms with E-state index in [1.807, 2.05) is 59.9 Å². The molecule has 21 heteroatoms. The summed E-state index contributed by atoms with van der Waals surface area (Å²) in [5.74, 6) is 4.35. The Morgan fingerprint density at radius 3 is 1.49 bits per heavy atom. The van der Waals surface area contributed by atoms with Gasteiger partial charge in [-0.15, -0.1) is 0 Å². The number of pyridine rings is 2. The summed E-state index contributed by atoms with van der Waals surface area (Å²) < 4.78 is 4.60. The minimum atomic E-state index is -0.729. The van der Waals surface area contributed by atoms with E-state index < -0.39 is 5.97 Å². The Hall–Kier alpha value is -7.62. The fourth-order valence-corrected chi connectivity index (χ4v) is 15.0. The Labute approximate surface area is 512 Å². The van der Waals surface area contributed by atoms with Crippen LogP contribution in [0, 0.1) is 0 Å². The molecule has 0 bridgehead atoms. The van der Waals surface area contributed by atoms with Crippen LogP contribution in [0.1, 0.15) is 132 Å². The Balaban J connectivity index is 0.000000171. The number of aryl methyl sites for hydroxylation is 2. The summed E-state index contributed by atoms with van der Waals surface area (Å²) in [5.41, 5.74) is 28.4. The summed E-state index contributed by atoms with van der Waals surface area (Å²) in [4.78, 5) is 64.5. The molecule has 8 aromatic rings. The van der Waals surface area contributed by atoms with Crippen LogP contribution in [0.3, 0.4) is 0 Å². The molecule has 12 rings (SSSR count). The van der Waals surface area contributed by atoms with Crippen LogP contribution in [-0.4, -0.2) is 104 Å². The number of unbranched alkanes of at least 4 members (excludes halogenated alkanes) is 4. The topological polar surface area (TPSA) is 288 Å². The third kappa shape index (κ3) is 15.1. The summed E-state index contributed by atoms with van der Waals surface area (Å²) in [5, 5.41) is 26.5. The maximum atomic E-state index is 12.5. The van der Waals surface area contributed by atoms with Crippen LogP contribution in [0.2, 0.25) is 0 Å². The van der Waals surface area contributed by atoms with Gasteiger partial charge in [0.25, 0.3) is 0 Å². The molecule has 456 valence electrons. The number of rotatable bonds is 23. The van der Waals surface area contributed by atoms with Gasteiger partial charge in [-0.2, -0.15) is 23.5 Å². The molecule has 6 atom stereocenters. The monoisotopic (exact) mass is 1200 g/mol. The first-order valence-electron chi connectivity index (χ1n) is 30.2. The van der Waals surface area contributed by atoms with Crippen LogP contribution in [-0.2, 0) is 48.6 Å². The van der Waals surface area contributed by atoms with Crippen molar-refractivity contribution in [2.45, 2.75) is 172 Å². The number of carboxylic acid groups (broad SMARTS) is 1. The predicted octanol–water partition coefficient (Wildman–Crippen LogP) is 10.3.